The zero-order valence-corrected chi connectivity index (χ0v) is 16.8. The molecule has 0 bridgehead atoms. The van der Waals surface area contributed by atoms with E-state index in [0.29, 0.717) is 5.82 Å². The van der Waals surface area contributed by atoms with Crippen molar-refractivity contribution < 1.29 is 4.79 Å². The van der Waals surface area contributed by atoms with Crippen LogP contribution in [0, 0.1) is 13.8 Å². The molecule has 0 radical (unpaired) electrons. The average Bonchev–Trinajstić information content (AvgIpc) is 3.27. The van der Waals surface area contributed by atoms with Crippen LogP contribution in [0.15, 0.2) is 54.9 Å². The van der Waals surface area contributed by atoms with Gasteiger partial charge >= 0.3 is 0 Å². The highest BCUT2D eigenvalue weighted by Gasteiger charge is 2.13. The lowest BCUT2D eigenvalue weighted by Gasteiger charge is -2.17. The van der Waals surface area contributed by atoms with Gasteiger partial charge in [0.25, 0.3) is 5.91 Å². The Bertz CT molecular complexity index is 973. The Hall–Kier alpha value is -3.41. The molecular formula is C23H25N5O. The van der Waals surface area contributed by atoms with Crippen molar-refractivity contribution in [3.05, 3.63) is 71.7 Å². The van der Waals surface area contributed by atoms with Crippen molar-refractivity contribution in [3.8, 4) is 0 Å². The van der Waals surface area contributed by atoms with Crippen molar-refractivity contribution >= 4 is 28.8 Å². The van der Waals surface area contributed by atoms with Crippen molar-refractivity contribution in [3.63, 3.8) is 0 Å². The van der Waals surface area contributed by atoms with Crippen molar-refractivity contribution in [2.75, 3.05) is 28.6 Å². The Morgan fingerprint density at radius 1 is 0.931 bits per heavy atom. The zero-order chi connectivity index (χ0) is 20.2. The third kappa shape index (κ3) is 4.37. The maximum absolute atomic E-state index is 12.5. The fourth-order valence-electron chi connectivity index (χ4n) is 3.58. The molecule has 1 saturated heterocycles. The average molecular weight is 387 g/mol. The Kier molecular flexibility index (Phi) is 5.42. The summed E-state index contributed by atoms with van der Waals surface area (Å²) in [6, 6.07) is 14.2. The molecule has 0 atom stereocenters. The van der Waals surface area contributed by atoms with Crippen LogP contribution in [0.5, 0.6) is 0 Å². The number of carbonyl (C=O) groups excluding carboxylic acids is 1. The molecule has 4 rings (SSSR count). The van der Waals surface area contributed by atoms with E-state index in [9.17, 15) is 4.79 Å². The van der Waals surface area contributed by atoms with Crippen LogP contribution < -0.4 is 15.5 Å². The highest BCUT2D eigenvalue weighted by Crippen LogP contribution is 2.23. The van der Waals surface area contributed by atoms with Crippen LogP contribution in [0.2, 0.25) is 0 Å². The second-order valence-electron chi connectivity index (χ2n) is 7.37. The predicted octanol–water partition coefficient (Wildman–Crippen LogP) is 4.69. The van der Waals surface area contributed by atoms with Gasteiger partial charge in [-0.25, -0.2) is 9.97 Å². The molecule has 148 valence electrons. The van der Waals surface area contributed by atoms with Gasteiger partial charge in [-0.2, -0.15) is 0 Å². The first-order valence-electron chi connectivity index (χ1n) is 9.92. The topological polar surface area (TPSA) is 70.2 Å². The number of carbonyl (C=O) groups is 1. The number of rotatable bonds is 5. The lowest BCUT2D eigenvalue weighted by molar-refractivity contribution is 0.102. The second-order valence-corrected chi connectivity index (χ2v) is 7.37. The summed E-state index contributed by atoms with van der Waals surface area (Å²) in [6.45, 7) is 6.19. The molecule has 1 aliphatic heterocycles. The maximum atomic E-state index is 12.5. The summed E-state index contributed by atoms with van der Waals surface area (Å²) < 4.78 is 0. The molecule has 0 saturated carbocycles. The predicted molar refractivity (Wildman–Crippen MR) is 117 cm³/mol. The van der Waals surface area contributed by atoms with Crippen LogP contribution in [-0.2, 0) is 0 Å². The largest absolute Gasteiger partial charge is 0.372 e. The number of hydrogen-bond donors (Lipinski definition) is 2. The Balaban J connectivity index is 1.40. The van der Waals surface area contributed by atoms with Crippen LogP contribution in [-0.4, -0.2) is 29.0 Å². The van der Waals surface area contributed by atoms with Gasteiger partial charge in [0.1, 0.15) is 11.5 Å². The van der Waals surface area contributed by atoms with E-state index >= 15 is 0 Å². The van der Waals surface area contributed by atoms with E-state index < -0.39 is 0 Å². The van der Waals surface area contributed by atoms with Gasteiger partial charge in [-0.1, -0.05) is 18.2 Å². The minimum absolute atomic E-state index is 0.267. The molecule has 29 heavy (non-hydrogen) atoms. The molecule has 6 nitrogen and oxygen atoms in total. The SMILES string of the molecule is Cc1cccc(C)c1NC(=O)c1cnc(Nc2ccc(N3CCCC3)cc2)cn1. The van der Waals surface area contributed by atoms with Crippen molar-refractivity contribution in [1.82, 2.24) is 9.97 Å². The van der Waals surface area contributed by atoms with E-state index in [1.165, 1.54) is 24.7 Å². The summed E-state index contributed by atoms with van der Waals surface area (Å²) in [5, 5.41) is 6.16. The molecule has 1 aromatic heterocycles. The van der Waals surface area contributed by atoms with Gasteiger partial charge in [0.2, 0.25) is 0 Å². The number of amides is 1. The zero-order valence-electron chi connectivity index (χ0n) is 16.8. The smallest absolute Gasteiger partial charge is 0.275 e. The van der Waals surface area contributed by atoms with Crippen molar-refractivity contribution in [2.24, 2.45) is 0 Å². The summed E-state index contributed by atoms with van der Waals surface area (Å²) in [7, 11) is 0. The van der Waals surface area contributed by atoms with Crippen LogP contribution in [0.3, 0.4) is 0 Å². The third-order valence-corrected chi connectivity index (χ3v) is 5.22. The first-order valence-corrected chi connectivity index (χ1v) is 9.92. The van der Waals surface area contributed by atoms with Crippen molar-refractivity contribution in [1.29, 1.82) is 0 Å². The molecule has 0 spiro atoms. The number of nitrogens with one attached hydrogen (secondary N) is 2. The van der Waals surface area contributed by atoms with Gasteiger partial charge in [0.15, 0.2) is 0 Å². The fraction of sp³-hybridized carbons (Fsp3) is 0.261. The molecule has 0 unspecified atom stereocenters. The van der Waals surface area contributed by atoms with Gasteiger partial charge in [-0.05, 0) is 62.1 Å². The number of aryl methyl sites for hydroxylation is 2. The molecule has 1 aliphatic rings. The maximum Gasteiger partial charge on any atom is 0.275 e. The molecule has 2 aromatic carbocycles. The fourth-order valence-corrected chi connectivity index (χ4v) is 3.58. The van der Waals surface area contributed by atoms with Crippen LogP contribution in [0.1, 0.15) is 34.5 Å². The monoisotopic (exact) mass is 387 g/mol. The molecule has 2 heterocycles. The molecule has 2 N–H and O–H groups in total. The van der Waals surface area contributed by atoms with Crippen LogP contribution >= 0.6 is 0 Å². The molecule has 3 aromatic rings. The molecule has 1 fully saturated rings. The van der Waals surface area contributed by atoms with E-state index in [1.54, 1.807) is 6.20 Å². The number of hydrogen-bond acceptors (Lipinski definition) is 5. The number of nitrogens with zero attached hydrogens (tertiary/aromatic N) is 3. The molecule has 1 amide bonds. The highest BCUT2D eigenvalue weighted by atomic mass is 16.1. The highest BCUT2D eigenvalue weighted by molar-refractivity contribution is 6.03. The number of para-hydroxylation sites is 1. The van der Waals surface area contributed by atoms with Crippen LogP contribution in [0.4, 0.5) is 22.9 Å². The Morgan fingerprint density at radius 3 is 2.24 bits per heavy atom. The van der Waals surface area contributed by atoms with E-state index in [-0.39, 0.29) is 11.6 Å². The van der Waals surface area contributed by atoms with E-state index in [1.807, 2.05) is 44.2 Å². The summed E-state index contributed by atoms with van der Waals surface area (Å²) in [4.78, 5) is 23.5. The first kappa shape index (κ1) is 18.9. The minimum atomic E-state index is -0.267. The number of aromatic nitrogens is 2. The van der Waals surface area contributed by atoms with E-state index in [2.05, 4.69) is 37.6 Å². The lowest BCUT2D eigenvalue weighted by Crippen LogP contribution is -2.17. The van der Waals surface area contributed by atoms with Gasteiger partial charge < -0.3 is 15.5 Å². The van der Waals surface area contributed by atoms with Crippen molar-refractivity contribution in [2.45, 2.75) is 26.7 Å². The van der Waals surface area contributed by atoms with Gasteiger partial charge in [-0.3, -0.25) is 4.79 Å². The first-order chi connectivity index (χ1) is 14.1. The third-order valence-electron chi connectivity index (χ3n) is 5.22. The summed E-state index contributed by atoms with van der Waals surface area (Å²) >= 11 is 0. The van der Waals surface area contributed by atoms with Gasteiger partial charge in [-0.15, -0.1) is 0 Å². The summed E-state index contributed by atoms with van der Waals surface area (Å²) in [5.74, 6) is 0.332. The van der Waals surface area contributed by atoms with Gasteiger partial charge in [0.05, 0.1) is 12.4 Å². The summed E-state index contributed by atoms with van der Waals surface area (Å²) in [5.41, 5.74) is 5.32. The normalized spacial score (nSPS) is 13.4. The number of benzene rings is 2. The quantitative estimate of drug-likeness (QED) is 0.665. The number of anilines is 4. The molecule has 6 heteroatoms. The molecular weight excluding hydrogens is 362 g/mol. The minimum Gasteiger partial charge on any atom is -0.372 e. The Labute approximate surface area is 171 Å². The Morgan fingerprint density at radius 2 is 1.62 bits per heavy atom. The van der Waals surface area contributed by atoms with E-state index in [4.69, 9.17) is 0 Å². The second kappa shape index (κ2) is 8.31. The van der Waals surface area contributed by atoms with Crippen LogP contribution in [0.25, 0.3) is 0 Å². The van der Waals surface area contributed by atoms with Gasteiger partial charge in [0, 0.05) is 30.2 Å². The summed E-state index contributed by atoms with van der Waals surface area (Å²) in [6.07, 6.45) is 5.59. The molecule has 0 aliphatic carbocycles. The lowest BCUT2D eigenvalue weighted by atomic mass is 10.1. The van der Waals surface area contributed by atoms with E-state index in [0.717, 1.165) is 35.6 Å². The standard InChI is InChI=1S/C23H25N5O/c1-16-6-5-7-17(2)22(16)27-23(29)20-14-25-21(15-24-20)26-18-8-10-19(11-9-18)28-12-3-4-13-28/h5-11,14-15H,3-4,12-13H2,1-2H3,(H,25,26)(H,27,29).